The minimum atomic E-state index is -0.173. The van der Waals surface area contributed by atoms with Gasteiger partial charge in [-0.05, 0) is 48.7 Å². The van der Waals surface area contributed by atoms with Crippen LogP contribution in [0.4, 0.5) is 5.69 Å². The summed E-state index contributed by atoms with van der Waals surface area (Å²) in [6.07, 6.45) is 1.78. The molecule has 0 aliphatic carbocycles. The quantitative estimate of drug-likeness (QED) is 0.654. The maximum absolute atomic E-state index is 11.9. The lowest BCUT2D eigenvalue weighted by atomic mass is 10.1. The van der Waals surface area contributed by atoms with Crippen LogP contribution >= 0.6 is 23.2 Å². The Balaban J connectivity index is 1.34. The number of ether oxygens (including phenoxy) is 2. The van der Waals surface area contributed by atoms with E-state index in [1.807, 2.05) is 0 Å². The molecule has 3 rings (SSSR count). The first-order valence-electron chi connectivity index (χ1n) is 9.38. The minimum absolute atomic E-state index is 0.0738. The monoisotopic (exact) mass is 422 g/mol. The summed E-state index contributed by atoms with van der Waals surface area (Å²) in [7, 11) is 0. The first-order chi connectivity index (χ1) is 13.6. The van der Waals surface area contributed by atoms with Gasteiger partial charge in [0.05, 0.1) is 18.2 Å². The average Bonchev–Trinajstić information content (AvgIpc) is 2.72. The van der Waals surface area contributed by atoms with Crippen LogP contribution in [-0.4, -0.2) is 45.4 Å². The first-order valence-corrected chi connectivity index (χ1v) is 10.1. The summed E-state index contributed by atoms with van der Waals surface area (Å²) < 4.78 is 10.8. The van der Waals surface area contributed by atoms with E-state index < -0.39 is 0 Å². The van der Waals surface area contributed by atoms with Gasteiger partial charge in [-0.2, -0.15) is 0 Å². The lowest BCUT2D eigenvalue weighted by Gasteiger charge is -2.28. The SMILES string of the molecule is O=C(COc1ccc(Cl)cc1Cl)NCCCc1ccc(N2CCOCC2)cc1. The molecule has 1 amide bonds. The number of nitrogens with zero attached hydrogens (tertiary/aromatic N) is 1. The Labute approximate surface area is 175 Å². The van der Waals surface area contributed by atoms with Crippen LogP contribution in [0, 0.1) is 0 Å². The number of carbonyl (C=O) groups is 1. The van der Waals surface area contributed by atoms with Gasteiger partial charge in [-0.3, -0.25) is 4.79 Å². The number of rotatable bonds is 8. The van der Waals surface area contributed by atoms with Crippen molar-refractivity contribution in [2.45, 2.75) is 12.8 Å². The molecule has 0 spiro atoms. The largest absolute Gasteiger partial charge is 0.482 e. The van der Waals surface area contributed by atoms with Crippen molar-refractivity contribution in [2.24, 2.45) is 0 Å². The smallest absolute Gasteiger partial charge is 0.257 e. The van der Waals surface area contributed by atoms with Gasteiger partial charge in [-0.1, -0.05) is 35.3 Å². The van der Waals surface area contributed by atoms with E-state index in [9.17, 15) is 4.79 Å². The fourth-order valence-electron chi connectivity index (χ4n) is 3.00. The van der Waals surface area contributed by atoms with Crippen molar-refractivity contribution >= 4 is 34.8 Å². The number of anilines is 1. The van der Waals surface area contributed by atoms with Crippen molar-refractivity contribution in [1.82, 2.24) is 5.32 Å². The number of halogens is 2. The van der Waals surface area contributed by atoms with Gasteiger partial charge < -0.3 is 19.7 Å². The molecule has 0 aromatic heterocycles. The molecule has 0 saturated carbocycles. The fraction of sp³-hybridized carbons (Fsp3) is 0.381. The molecule has 28 heavy (non-hydrogen) atoms. The molecule has 150 valence electrons. The van der Waals surface area contributed by atoms with Gasteiger partial charge in [-0.15, -0.1) is 0 Å². The maximum atomic E-state index is 11.9. The number of nitrogens with one attached hydrogen (secondary N) is 1. The summed E-state index contributed by atoms with van der Waals surface area (Å²) in [6.45, 7) is 3.98. The summed E-state index contributed by atoms with van der Waals surface area (Å²) >= 11 is 11.9. The predicted molar refractivity (Wildman–Crippen MR) is 113 cm³/mol. The number of benzene rings is 2. The fourth-order valence-corrected chi connectivity index (χ4v) is 3.46. The zero-order valence-corrected chi connectivity index (χ0v) is 17.1. The minimum Gasteiger partial charge on any atom is -0.482 e. The number of carbonyl (C=O) groups excluding carboxylic acids is 1. The van der Waals surface area contributed by atoms with Crippen LogP contribution in [0.3, 0.4) is 0 Å². The standard InChI is InChI=1S/C21H24Cl2N2O3/c22-17-5-8-20(19(23)14-17)28-15-21(26)24-9-1-2-16-3-6-18(7-4-16)25-10-12-27-13-11-25/h3-8,14H,1-2,9-13,15H2,(H,24,26). The second kappa shape index (κ2) is 10.6. The first kappa shape index (κ1) is 20.8. The molecule has 1 aliphatic heterocycles. The van der Waals surface area contributed by atoms with Gasteiger partial charge >= 0.3 is 0 Å². The molecular weight excluding hydrogens is 399 g/mol. The molecule has 7 heteroatoms. The van der Waals surface area contributed by atoms with Gasteiger partial charge in [0.2, 0.25) is 0 Å². The zero-order valence-electron chi connectivity index (χ0n) is 15.6. The Hall–Kier alpha value is -1.95. The van der Waals surface area contributed by atoms with Crippen LogP contribution < -0.4 is 15.0 Å². The van der Waals surface area contributed by atoms with Crippen molar-refractivity contribution in [3.8, 4) is 5.75 Å². The van der Waals surface area contributed by atoms with Crippen molar-refractivity contribution in [2.75, 3.05) is 44.4 Å². The van der Waals surface area contributed by atoms with E-state index in [1.165, 1.54) is 11.3 Å². The molecule has 2 aromatic rings. The molecule has 5 nitrogen and oxygen atoms in total. The Morgan fingerprint density at radius 2 is 1.86 bits per heavy atom. The Kier molecular flexibility index (Phi) is 7.83. The second-order valence-corrected chi connectivity index (χ2v) is 7.43. The second-order valence-electron chi connectivity index (χ2n) is 6.58. The third-order valence-corrected chi connectivity index (χ3v) is 5.06. The van der Waals surface area contributed by atoms with Gasteiger partial charge in [0.1, 0.15) is 5.75 Å². The lowest BCUT2D eigenvalue weighted by Crippen LogP contribution is -2.36. The van der Waals surface area contributed by atoms with Crippen molar-refractivity contribution in [1.29, 1.82) is 0 Å². The number of hydrogen-bond acceptors (Lipinski definition) is 4. The van der Waals surface area contributed by atoms with E-state index >= 15 is 0 Å². The van der Waals surface area contributed by atoms with E-state index in [0.717, 1.165) is 39.1 Å². The molecule has 1 heterocycles. The highest BCUT2D eigenvalue weighted by Gasteiger charge is 2.11. The molecule has 0 radical (unpaired) electrons. The Morgan fingerprint density at radius 1 is 1.11 bits per heavy atom. The van der Waals surface area contributed by atoms with Crippen LogP contribution in [0.1, 0.15) is 12.0 Å². The van der Waals surface area contributed by atoms with E-state index in [-0.39, 0.29) is 12.5 Å². The molecule has 2 aromatic carbocycles. The number of hydrogen-bond donors (Lipinski definition) is 1. The summed E-state index contributed by atoms with van der Waals surface area (Å²) in [5.41, 5.74) is 2.49. The predicted octanol–water partition coefficient (Wildman–Crippen LogP) is 3.96. The molecule has 1 saturated heterocycles. The molecule has 1 N–H and O–H groups in total. The summed E-state index contributed by atoms with van der Waals surface area (Å²) in [5, 5.41) is 3.78. The van der Waals surface area contributed by atoms with Gasteiger partial charge in [0.25, 0.3) is 5.91 Å². The van der Waals surface area contributed by atoms with Gasteiger partial charge in [0.15, 0.2) is 6.61 Å². The maximum Gasteiger partial charge on any atom is 0.257 e. The summed E-state index contributed by atoms with van der Waals surface area (Å²) in [5.74, 6) is 0.273. The topological polar surface area (TPSA) is 50.8 Å². The molecule has 0 atom stereocenters. The van der Waals surface area contributed by atoms with E-state index in [2.05, 4.69) is 34.5 Å². The van der Waals surface area contributed by atoms with Crippen molar-refractivity contribution in [3.63, 3.8) is 0 Å². The van der Waals surface area contributed by atoms with Crippen LogP contribution in [-0.2, 0) is 16.0 Å². The average molecular weight is 423 g/mol. The summed E-state index contributed by atoms with van der Waals surface area (Å²) in [4.78, 5) is 14.2. The van der Waals surface area contributed by atoms with Gasteiger partial charge in [0, 0.05) is 30.3 Å². The van der Waals surface area contributed by atoms with E-state index in [4.69, 9.17) is 32.7 Å². The molecule has 0 bridgehead atoms. The van der Waals surface area contributed by atoms with E-state index in [0.29, 0.717) is 22.3 Å². The Bertz CT molecular complexity index is 778. The van der Waals surface area contributed by atoms with Gasteiger partial charge in [-0.25, -0.2) is 0 Å². The van der Waals surface area contributed by atoms with Crippen molar-refractivity contribution < 1.29 is 14.3 Å². The third kappa shape index (κ3) is 6.30. The normalized spacial score (nSPS) is 14.0. The van der Waals surface area contributed by atoms with Crippen molar-refractivity contribution in [3.05, 3.63) is 58.1 Å². The van der Waals surface area contributed by atoms with Crippen LogP contribution in [0.25, 0.3) is 0 Å². The highest BCUT2D eigenvalue weighted by Crippen LogP contribution is 2.27. The lowest BCUT2D eigenvalue weighted by molar-refractivity contribution is -0.123. The van der Waals surface area contributed by atoms with Crippen LogP contribution in [0.15, 0.2) is 42.5 Å². The Morgan fingerprint density at radius 3 is 2.57 bits per heavy atom. The van der Waals surface area contributed by atoms with E-state index in [1.54, 1.807) is 18.2 Å². The van der Waals surface area contributed by atoms with Crippen LogP contribution in [0.2, 0.25) is 10.0 Å². The summed E-state index contributed by atoms with van der Waals surface area (Å²) in [6, 6.07) is 13.5. The molecular formula is C21H24Cl2N2O3. The van der Waals surface area contributed by atoms with Crippen LogP contribution in [0.5, 0.6) is 5.75 Å². The number of morpholine rings is 1. The number of aryl methyl sites for hydroxylation is 1. The highest BCUT2D eigenvalue weighted by atomic mass is 35.5. The highest BCUT2D eigenvalue weighted by molar-refractivity contribution is 6.35. The third-order valence-electron chi connectivity index (χ3n) is 4.53. The zero-order chi connectivity index (χ0) is 19.8. The number of amides is 1. The molecule has 0 unspecified atom stereocenters. The molecule has 1 fully saturated rings. The molecule has 1 aliphatic rings.